The summed E-state index contributed by atoms with van der Waals surface area (Å²) in [7, 11) is 0. The summed E-state index contributed by atoms with van der Waals surface area (Å²) in [5.74, 6) is 1.05. The summed E-state index contributed by atoms with van der Waals surface area (Å²) >= 11 is 0. The summed E-state index contributed by atoms with van der Waals surface area (Å²) in [6.07, 6.45) is 63.0. The third kappa shape index (κ3) is 45.0. The molecule has 0 aromatic heterocycles. The molecule has 510 valence electrons. The van der Waals surface area contributed by atoms with Crippen LogP contribution in [0.15, 0.2) is 23.8 Å². The lowest BCUT2D eigenvalue weighted by Gasteiger charge is -2.43. The molecule has 10 nitrogen and oxygen atoms in total. The minimum atomic E-state index is -0.391. The lowest BCUT2D eigenvalue weighted by Crippen LogP contribution is -2.52. The first-order valence-corrected chi connectivity index (χ1v) is 38.6. The largest absolute Gasteiger partial charge is 0.513 e. The highest BCUT2D eigenvalue weighted by Crippen LogP contribution is 2.35. The predicted molar refractivity (Wildman–Crippen MR) is 374 cm³/mol. The van der Waals surface area contributed by atoms with Gasteiger partial charge in [-0.05, 0) is 57.4 Å². The van der Waals surface area contributed by atoms with Crippen molar-refractivity contribution in [1.82, 2.24) is 24.5 Å². The molecule has 10 heteroatoms. The molecule has 2 fully saturated rings. The van der Waals surface area contributed by atoms with Gasteiger partial charge in [-0.25, -0.2) is 0 Å². The van der Waals surface area contributed by atoms with Crippen LogP contribution >= 0.6 is 0 Å². The maximum atomic E-state index is 11.8. The SMILES string of the molecule is CCCCCCCCCCC(O)=CN1CCCCCC1(C=C(O)CCCCCCCCCC)CCN1CCN(CCN(CCN(CC(O)CCCCCCCCCC)CC(O)CCCCCCCCCC)CC(O)CCCCCCCCCC)CC1. The Kier molecular flexibility index (Phi) is 53.9. The van der Waals surface area contributed by atoms with Crippen LogP contribution < -0.4 is 0 Å². The van der Waals surface area contributed by atoms with Crippen molar-refractivity contribution in [2.24, 2.45) is 0 Å². The Morgan fingerprint density at radius 3 is 1.12 bits per heavy atom. The van der Waals surface area contributed by atoms with E-state index in [1.807, 2.05) is 0 Å². The van der Waals surface area contributed by atoms with E-state index in [4.69, 9.17) is 0 Å². The van der Waals surface area contributed by atoms with E-state index in [9.17, 15) is 25.5 Å². The molecule has 2 aliphatic heterocycles. The van der Waals surface area contributed by atoms with Gasteiger partial charge in [0, 0.05) is 104 Å². The summed E-state index contributed by atoms with van der Waals surface area (Å²) in [6.45, 7) is 22.7. The van der Waals surface area contributed by atoms with Gasteiger partial charge in [0.05, 0.1) is 29.6 Å². The van der Waals surface area contributed by atoms with Gasteiger partial charge in [0.1, 0.15) is 5.76 Å². The van der Waals surface area contributed by atoms with Crippen LogP contribution in [0.3, 0.4) is 0 Å². The zero-order valence-corrected chi connectivity index (χ0v) is 58.4. The molecule has 0 aromatic rings. The van der Waals surface area contributed by atoms with Crippen LogP contribution in [0, 0.1) is 0 Å². The monoisotopic (exact) mass is 1210 g/mol. The highest BCUT2D eigenvalue weighted by Gasteiger charge is 2.36. The van der Waals surface area contributed by atoms with Gasteiger partial charge in [0.15, 0.2) is 0 Å². The number of aliphatic hydroxyl groups excluding tert-OH is 5. The van der Waals surface area contributed by atoms with E-state index >= 15 is 0 Å². The Hall–Kier alpha value is -1.40. The second-order valence-electron chi connectivity index (χ2n) is 28.1. The summed E-state index contributed by atoms with van der Waals surface area (Å²) in [4.78, 5) is 12.6. The lowest BCUT2D eigenvalue weighted by molar-refractivity contribution is 0.0443. The number of allylic oxidation sites excluding steroid dienone is 2. The molecule has 0 aliphatic carbocycles. The summed E-state index contributed by atoms with van der Waals surface area (Å²) in [6, 6.07) is 0. The number of aliphatic hydroxyl groups is 5. The minimum absolute atomic E-state index is 0.317. The average molecular weight is 1220 g/mol. The highest BCUT2D eigenvalue weighted by atomic mass is 16.3. The summed E-state index contributed by atoms with van der Waals surface area (Å²) in [5.41, 5.74) is -0.317. The van der Waals surface area contributed by atoms with Crippen molar-refractivity contribution in [2.75, 3.05) is 85.1 Å². The molecular weight excluding hydrogens is 1060 g/mol. The van der Waals surface area contributed by atoms with Gasteiger partial charge in [-0.3, -0.25) is 14.7 Å². The maximum Gasteiger partial charge on any atom is 0.108 e. The highest BCUT2D eigenvalue weighted by molar-refractivity contribution is 5.15. The maximum absolute atomic E-state index is 11.8. The van der Waals surface area contributed by atoms with Crippen molar-refractivity contribution < 1.29 is 25.5 Å². The Bertz CT molecular complexity index is 1480. The molecule has 0 aromatic carbocycles. The second kappa shape index (κ2) is 57.5. The van der Waals surface area contributed by atoms with Gasteiger partial charge in [-0.2, -0.15) is 0 Å². The topological polar surface area (TPSA) is 117 Å². The quantitative estimate of drug-likeness (QED) is 0.0298. The summed E-state index contributed by atoms with van der Waals surface area (Å²) < 4.78 is 0. The number of piperazine rings is 1. The van der Waals surface area contributed by atoms with Crippen LogP contribution in [-0.4, -0.2) is 159 Å². The van der Waals surface area contributed by atoms with Crippen molar-refractivity contribution in [3.8, 4) is 0 Å². The fourth-order valence-electron chi connectivity index (χ4n) is 13.9. The molecule has 0 saturated carbocycles. The standard InChI is InChI=1S/C76H151N5O5/c1-6-11-16-21-26-31-36-42-49-71(82)66-76(54-47-41-48-56-81(76)70-75(86)53-46-40-35-30-25-20-15-10-5)55-57-77-58-60-78(61-59-77)62-63-79(67-72(83)50-43-37-32-27-22-17-12-7-2)64-65-80(68-73(84)51-44-38-33-28-23-18-13-8-3)69-74(85)52-45-39-34-29-24-19-14-9-4/h66,70,72-74,82-86H,6-65,67-69H2,1-5H3. The predicted octanol–water partition coefficient (Wildman–Crippen LogP) is 19.8. The number of likely N-dealkylation sites (tertiary alicyclic amines) is 1. The first kappa shape index (κ1) is 80.7. The van der Waals surface area contributed by atoms with Gasteiger partial charge >= 0.3 is 0 Å². The van der Waals surface area contributed by atoms with E-state index in [1.165, 1.54) is 231 Å². The first-order chi connectivity index (χ1) is 42.1. The minimum Gasteiger partial charge on any atom is -0.513 e. The number of nitrogens with zero attached hydrogens (tertiary/aromatic N) is 5. The average Bonchev–Trinajstić information content (AvgIpc) is 3.88. The molecule has 5 N–H and O–H groups in total. The molecule has 0 amide bonds. The number of hydrogen-bond donors (Lipinski definition) is 5. The summed E-state index contributed by atoms with van der Waals surface area (Å²) in [5, 5.41) is 57.9. The van der Waals surface area contributed by atoms with Crippen LogP contribution in [0.5, 0.6) is 0 Å². The van der Waals surface area contributed by atoms with E-state index in [0.29, 0.717) is 31.2 Å². The van der Waals surface area contributed by atoms with Crippen LogP contribution in [0.4, 0.5) is 0 Å². The molecule has 2 aliphatic rings. The zero-order valence-electron chi connectivity index (χ0n) is 58.4. The Balaban J connectivity index is 2.19. The van der Waals surface area contributed by atoms with E-state index in [1.54, 1.807) is 0 Å². The normalized spacial score (nSPS) is 18.0. The Labute approximate surface area is 535 Å². The van der Waals surface area contributed by atoms with E-state index in [-0.39, 0.29) is 11.6 Å². The molecule has 0 spiro atoms. The van der Waals surface area contributed by atoms with Crippen LogP contribution in [0.25, 0.3) is 0 Å². The second-order valence-corrected chi connectivity index (χ2v) is 28.1. The van der Waals surface area contributed by atoms with Gasteiger partial charge in [-0.1, -0.05) is 291 Å². The molecule has 86 heavy (non-hydrogen) atoms. The molecule has 0 bridgehead atoms. The van der Waals surface area contributed by atoms with E-state index < -0.39 is 12.2 Å². The molecule has 4 unspecified atom stereocenters. The van der Waals surface area contributed by atoms with Crippen molar-refractivity contribution in [2.45, 2.75) is 380 Å². The van der Waals surface area contributed by atoms with Gasteiger partial charge in [0.2, 0.25) is 0 Å². The van der Waals surface area contributed by atoms with Crippen molar-refractivity contribution in [3.63, 3.8) is 0 Å². The van der Waals surface area contributed by atoms with Crippen LogP contribution in [0.1, 0.15) is 356 Å². The zero-order chi connectivity index (χ0) is 62.2. The third-order valence-corrected chi connectivity index (χ3v) is 19.8. The van der Waals surface area contributed by atoms with E-state index in [0.717, 1.165) is 155 Å². The van der Waals surface area contributed by atoms with Gasteiger partial charge < -0.3 is 35.3 Å². The van der Waals surface area contributed by atoms with Crippen LogP contribution in [-0.2, 0) is 0 Å². The molecule has 2 rings (SSSR count). The fourth-order valence-corrected chi connectivity index (χ4v) is 13.9. The van der Waals surface area contributed by atoms with E-state index in [2.05, 4.69) is 71.4 Å². The first-order valence-electron chi connectivity index (χ1n) is 38.6. The van der Waals surface area contributed by atoms with Crippen molar-refractivity contribution >= 4 is 0 Å². The third-order valence-electron chi connectivity index (χ3n) is 19.8. The van der Waals surface area contributed by atoms with Crippen LogP contribution in [0.2, 0.25) is 0 Å². The number of unbranched alkanes of at least 4 members (excludes halogenated alkanes) is 35. The van der Waals surface area contributed by atoms with Gasteiger partial charge in [0.25, 0.3) is 0 Å². The molecule has 2 heterocycles. The fraction of sp³-hybridized carbons (Fsp3) is 0.947. The van der Waals surface area contributed by atoms with Crippen molar-refractivity contribution in [3.05, 3.63) is 23.8 Å². The Morgan fingerprint density at radius 1 is 0.372 bits per heavy atom. The smallest absolute Gasteiger partial charge is 0.108 e. The molecular formula is C76H151N5O5. The Morgan fingerprint density at radius 2 is 0.709 bits per heavy atom. The van der Waals surface area contributed by atoms with Crippen molar-refractivity contribution in [1.29, 1.82) is 0 Å². The lowest BCUT2D eigenvalue weighted by atomic mass is 9.86. The van der Waals surface area contributed by atoms with Gasteiger partial charge in [-0.15, -0.1) is 0 Å². The molecule has 2 saturated heterocycles. The molecule has 4 atom stereocenters. The molecule has 0 radical (unpaired) electrons. The number of hydrogen-bond acceptors (Lipinski definition) is 10. The number of rotatable bonds is 62.